The molecule has 1 fully saturated rings. The standard InChI is InChI=1S/C20H26N2O4/c1-14-5-8-16-17(12-14)20(25)22(19(16)24)10-2-4-18(23)21-9-3-11-26-13-15-6-7-15/h5,8,12,15H,2-4,6-7,9-11,13H2,1H3,(H,21,23). The zero-order valence-electron chi connectivity index (χ0n) is 15.3. The van der Waals surface area contributed by atoms with Gasteiger partial charge in [-0.15, -0.1) is 0 Å². The van der Waals surface area contributed by atoms with E-state index >= 15 is 0 Å². The molecule has 1 N–H and O–H groups in total. The number of hydrogen-bond acceptors (Lipinski definition) is 4. The number of aryl methyl sites for hydroxylation is 1. The lowest BCUT2D eigenvalue weighted by Crippen LogP contribution is -2.32. The Kier molecular flexibility index (Phi) is 6.04. The first-order valence-electron chi connectivity index (χ1n) is 9.37. The predicted molar refractivity (Wildman–Crippen MR) is 96.9 cm³/mol. The molecule has 1 heterocycles. The molecule has 1 saturated carbocycles. The average Bonchev–Trinajstić information content (AvgIpc) is 3.41. The molecule has 6 nitrogen and oxygen atoms in total. The third-order valence-electron chi connectivity index (χ3n) is 4.75. The predicted octanol–water partition coefficient (Wildman–Crippen LogP) is 2.30. The smallest absolute Gasteiger partial charge is 0.261 e. The van der Waals surface area contributed by atoms with E-state index < -0.39 is 0 Å². The molecule has 3 rings (SSSR count). The number of fused-ring (bicyclic) bond motifs is 1. The second kappa shape index (κ2) is 8.45. The number of benzene rings is 1. The van der Waals surface area contributed by atoms with E-state index in [9.17, 15) is 14.4 Å². The summed E-state index contributed by atoms with van der Waals surface area (Å²) in [6.07, 6.45) is 4.13. The van der Waals surface area contributed by atoms with E-state index in [-0.39, 0.29) is 24.3 Å². The van der Waals surface area contributed by atoms with Crippen LogP contribution in [0.25, 0.3) is 0 Å². The molecule has 6 heteroatoms. The lowest BCUT2D eigenvalue weighted by molar-refractivity contribution is -0.121. The summed E-state index contributed by atoms with van der Waals surface area (Å²) in [7, 11) is 0. The molecule has 0 unspecified atom stereocenters. The second-order valence-electron chi connectivity index (χ2n) is 7.14. The van der Waals surface area contributed by atoms with Crippen LogP contribution in [-0.4, -0.2) is 48.9 Å². The highest BCUT2D eigenvalue weighted by Gasteiger charge is 2.34. The molecule has 0 aromatic heterocycles. The van der Waals surface area contributed by atoms with Gasteiger partial charge in [0.25, 0.3) is 11.8 Å². The fraction of sp³-hybridized carbons (Fsp3) is 0.550. The van der Waals surface area contributed by atoms with Gasteiger partial charge in [0.15, 0.2) is 0 Å². The minimum Gasteiger partial charge on any atom is -0.381 e. The Morgan fingerprint density at radius 3 is 2.73 bits per heavy atom. The Morgan fingerprint density at radius 2 is 1.96 bits per heavy atom. The van der Waals surface area contributed by atoms with Gasteiger partial charge in [-0.2, -0.15) is 0 Å². The number of ether oxygens (including phenoxy) is 1. The number of rotatable bonds is 10. The van der Waals surface area contributed by atoms with Crippen LogP contribution in [-0.2, 0) is 9.53 Å². The molecule has 0 radical (unpaired) electrons. The molecule has 3 amide bonds. The third kappa shape index (κ3) is 4.69. The molecule has 0 spiro atoms. The number of nitrogens with zero attached hydrogens (tertiary/aromatic N) is 1. The van der Waals surface area contributed by atoms with Crippen molar-refractivity contribution in [1.29, 1.82) is 0 Å². The molecule has 0 atom stereocenters. The Bertz CT molecular complexity index is 697. The summed E-state index contributed by atoms with van der Waals surface area (Å²) < 4.78 is 5.52. The van der Waals surface area contributed by atoms with E-state index in [1.54, 1.807) is 12.1 Å². The molecule has 0 saturated heterocycles. The van der Waals surface area contributed by atoms with E-state index in [2.05, 4.69) is 5.32 Å². The van der Waals surface area contributed by atoms with Gasteiger partial charge in [-0.25, -0.2) is 0 Å². The van der Waals surface area contributed by atoms with Gasteiger partial charge in [-0.05, 0) is 50.7 Å². The van der Waals surface area contributed by atoms with Crippen molar-refractivity contribution in [1.82, 2.24) is 10.2 Å². The molecule has 1 aliphatic heterocycles. The molecule has 2 aliphatic rings. The minimum atomic E-state index is -0.266. The summed E-state index contributed by atoms with van der Waals surface area (Å²) in [4.78, 5) is 37.8. The van der Waals surface area contributed by atoms with E-state index in [1.807, 2.05) is 13.0 Å². The molecule has 1 aromatic rings. The van der Waals surface area contributed by atoms with Crippen LogP contribution in [0, 0.1) is 12.8 Å². The van der Waals surface area contributed by atoms with E-state index in [1.165, 1.54) is 17.7 Å². The van der Waals surface area contributed by atoms with Gasteiger partial charge >= 0.3 is 0 Å². The van der Waals surface area contributed by atoms with Crippen LogP contribution < -0.4 is 5.32 Å². The van der Waals surface area contributed by atoms with Gasteiger partial charge in [-0.3, -0.25) is 19.3 Å². The SMILES string of the molecule is Cc1ccc2c(c1)C(=O)N(CCCC(=O)NCCCOCC1CC1)C2=O. The van der Waals surface area contributed by atoms with E-state index in [0.29, 0.717) is 37.1 Å². The average molecular weight is 358 g/mol. The van der Waals surface area contributed by atoms with Gasteiger partial charge in [-0.1, -0.05) is 11.6 Å². The maximum Gasteiger partial charge on any atom is 0.261 e. The van der Waals surface area contributed by atoms with Crippen LogP contribution in [0.15, 0.2) is 18.2 Å². The highest BCUT2D eigenvalue weighted by molar-refractivity contribution is 6.21. The van der Waals surface area contributed by atoms with Crippen molar-refractivity contribution in [2.45, 2.75) is 39.0 Å². The quantitative estimate of drug-likeness (QED) is 0.514. The van der Waals surface area contributed by atoms with Crippen molar-refractivity contribution in [3.63, 3.8) is 0 Å². The third-order valence-corrected chi connectivity index (χ3v) is 4.75. The number of carbonyl (C=O) groups excluding carboxylic acids is 3. The van der Waals surface area contributed by atoms with Gasteiger partial charge in [0.1, 0.15) is 0 Å². The summed E-state index contributed by atoms with van der Waals surface area (Å²) in [5, 5.41) is 2.85. The summed E-state index contributed by atoms with van der Waals surface area (Å²) in [5.41, 5.74) is 1.87. The van der Waals surface area contributed by atoms with Gasteiger partial charge < -0.3 is 10.1 Å². The Balaban J connectivity index is 1.32. The summed E-state index contributed by atoms with van der Waals surface area (Å²) in [5.74, 6) is 0.176. The zero-order valence-corrected chi connectivity index (χ0v) is 15.3. The van der Waals surface area contributed by atoms with Crippen LogP contribution in [0.3, 0.4) is 0 Å². The molecule has 140 valence electrons. The van der Waals surface area contributed by atoms with Crippen LogP contribution in [0.1, 0.15) is 58.4 Å². The molecule has 26 heavy (non-hydrogen) atoms. The largest absolute Gasteiger partial charge is 0.381 e. The number of imide groups is 1. The van der Waals surface area contributed by atoms with Crippen molar-refractivity contribution < 1.29 is 19.1 Å². The van der Waals surface area contributed by atoms with Crippen LogP contribution in [0.5, 0.6) is 0 Å². The fourth-order valence-corrected chi connectivity index (χ4v) is 3.03. The first-order valence-corrected chi connectivity index (χ1v) is 9.37. The number of hydrogen-bond donors (Lipinski definition) is 1. The van der Waals surface area contributed by atoms with Gasteiger partial charge in [0.05, 0.1) is 11.1 Å². The van der Waals surface area contributed by atoms with Crippen LogP contribution >= 0.6 is 0 Å². The van der Waals surface area contributed by atoms with Crippen molar-refractivity contribution in [2.24, 2.45) is 5.92 Å². The number of carbonyl (C=O) groups is 3. The topological polar surface area (TPSA) is 75.7 Å². The van der Waals surface area contributed by atoms with Crippen molar-refractivity contribution in [3.8, 4) is 0 Å². The molecular formula is C20H26N2O4. The monoisotopic (exact) mass is 358 g/mol. The first-order chi connectivity index (χ1) is 12.6. The number of nitrogens with one attached hydrogen (secondary N) is 1. The lowest BCUT2D eigenvalue weighted by atomic mass is 10.1. The highest BCUT2D eigenvalue weighted by atomic mass is 16.5. The molecular weight excluding hydrogens is 332 g/mol. The molecule has 0 bridgehead atoms. The summed E-state index contributed by atoms with van der Waals surface area (Å²) in [6, 6.07) is 5.27. The van der Waals surface area contributed by atoms with Crippen molar-refractivity contribution in [2.75, 3.05) is 26.3 Å². The van der Waals surface area contributed by atoms with Crippen molar-refractivity contribution >= 4 is 17.7 Å². The fourth-order valence-electron chi connectivity index (χ4n) is 3.03. The summed E-state index contributed by atoms with van der Waals surface area (Å²) >= 11 is 0. The first kappa shape index (κ1) is 18.6. The van der Waals surface area contributed by atoms with E-state index in [4.69, 9.17) is 4.74 Å². The molecule has 1 aromatic carbocycles. The van der Waals surface area contributed by atoms with Crippen LogP contribution in [0.2, 0.25) is 0 Å². The Morgan fingerprint density at radius 1 is 1.19 bits per heavy atom. The van der Waals surface area contributed by atoms with Crippen LogP contribution in [0.4, 0.5) is 0 Å². The summed E-state index contributed by atoms with van der Waals surface area (Å²) in [6.45, 7) is 4.26. The maximum absolute atomic E-state index is 12.4. The van der Waals surface area contributed by atoms with E-state index in [0.717, 1.165) is 24.5 Å². The molecule has 1 aliphatic carbocycles. The maximum atomic E-state index is 12.4. The number of amides is 3. The Hall–Kier alpha value is -2.21. The normalized spacial score (nSPS) is 16.1. The minimum absolute atomic E-state index is 0.0559. The zero-order chi connectivity index (χ0) is 18.5. The van der Waals surface area contributed by atoms with Gasteiger partial charge in [0.2, 0.25) is 5.91 Å². The van der Waals surface area contributed by atoms with Gasteiger partial charge in [0, 0.05) is 32.7 Å². The second-order valence-corrected chi connectivity index (χ2v) is 7.14. The lowest BCUT2D eigenvalue weighted by Gasteiger charge is -2.13. The van der Waals surface area contributed by atoms with Crippen molar-refractivity contribution in [3.05, 3.63) is 34.9 Å². The Labute approximate surface area is 153 Å². The highest BCUT2D eigenvalue weighted by Crippen LogP contribution is 2.28.